The minimum absolute atomic E-state index is 0.0589. The van der Waals surface area contributed by atoms with Crippen molar-refractivity contribution in [2.45, 2.75) is 31.8 Å². The van der Waals surface area contributed by atoms with Crippen molar-refractivity contribution < 1.29 is 9.59 Å². The maximum absolute atomic E-state index is 12.4. The largest absolute Gasteiger partial charge is 0.363 e. The number of fused-ring (bicyclic) bond motifs is 1. The maximum atomic E-state index is 12.4. The molecule has 0 radical (unpaired) electrons. The number of hydrogen-bond donors (Lipinski definition) is 0. The molecule has 6 heteroatoms. The third kappa shape index (κ3) is 2.46. The molecule has 6 nitrogen and oxygen atoms in total. The number of urea groups is 1. The van der Waals surface area contributed by atoms with E-state index in [1.165, 1.54) is 4.90 Å². The second-order valence-corrected chi connectivity index (χ2v) is 5.83. The number of pyridine rings is 1. The molecule has 21 heavy (non-hydrogen) atoms. The van der Waals surface area contributed by atoms with Crippen molar-refractivity contribution in [2.24, 2.45) is 0 Å². The molecule has 2 fully saturated rings. The number of nitrogens with zero attached hydrogens (tertiary/aromatic N) is 4. The van der Waals surface area contributed by atoms with Crippen LogP contribution >= 0.6 is 0 Å². The number of hydrogen-bond acceptors (Lipinski definition) is 4. The lowest BCUT2D eigenvalue weighted by atomic mass is 10.0. The lowest BCUT2D eigenvalue weighted by Gasteiger charge is -2.26. The van der Waals surface area contributed by atoms with Gasteiger partial charge < -0.3 is 9.80 Å². The fraction of sp³-hybridized carbons (Fsp3) is 0.533. The van der Waals surface area contributed by atoms with E-state index in [0.717, 1.165) is 30.6 Å². The average molecular weight is 288 g/mol. The van der Waals surface area contributed by atoms with E-state index in [4.69, 9.17) is 0 Å². The van der Waals surface area contributed by atoms with Gasteiger partial charge in [0.2, 0.25) is 0 Å². The van der Waals surface area contributed by atoms with Crippen LogP contribution in [0.25, 0.3) is 0 Å². The summed E-state index contributed by atoms with van der Waals surface area (Å²) >= 11 is 0. The van der Waals surface area contributed by atoms with Crippen LogP contribution < -0.4 is 4.90 Å². The number of rotatable bonds is 3. The molecule has 112 valence electrons. The quantitative estimate of drug-likeness (QED) is 0.790. The summed E-state index contributed by atoms with van der Waals surface area (Å²) in [7, 11) is 3.85. The number of aromatic nitrogens is 1. The summed E-state index contributed by atoms with van der Waals surface area (Å²) in [4.78, 5) is 34.0. The zero-order valence-corrected chi connectivity index (χ0v) is 12.5. The van der Waals surface area contributed by atoms with Gasteiger partial charge in [0.05, 0.1) is 6.54 Å². The number of piperidine rings is 1. The highest BCUT2D eigenvalue weighted by atomic mass is 16.2. The summed E-state index contributed by atoms with van der Waals surface area (Å²) < 4.78 is 0. The van der Waals surface area contributed by atoms with Crippen molar-refractivity contribution in [1.29, 1.82) is 0 Å². The first-order chi connectivity index (χ1) is 10.1. The van der Waals surface area contributed by atoms with E-state index < -0.39 is 0 Å². The Labute approximate surface area is 124 Å². The highest BCUT2D eigenvalue weighted by Crippen LogP contribution is 2.27. The molecule has 2 aliphatic rings. The fourth-order valence-electron chi connectivity index (χ4n) is 2.95. The van der Waals surface area contributed by atoms with Gasteiger partial charge in [-0.3, -0.25) is 9.69 Å². The Bertz CT molecular complexity index is 531. The molecule has 0 aromatic carbocycles. The summed E-state index contributed by atoms with van der Waals surface area (Å²) in [6.07, 6.45) is 4.53. The zero-order chi connectivity index (χ0) is 15.0. The second kappa shape index (κ2) is 5.35. The first-order valence-electron chi connectivity index (χ1n) is 7.32. The van der Waals surface area contributed by atoms with Gasteiger partial charge in [0.15, 0.2) is 0 Å². The Balaban J connectivity index is 1.75. The summed E-state index contributed by atoms with van der Waals surface area (Å²) in [6.45, 7) is 1.01. The smallest absolute Gasteiger partial charge is 0.327 e. The minimum Gasteiger partial charge on any atom is -0.363 e. The van der Waals surface area contributed by atoms with Crippen molar-refractivity contribution in [2.75, 3.05) is 25.5 Å². The standard InChI is InChI=1S/C15H20N4O2/c1-17(2)13-7-6-11(9-16-13)10-19-14(20)12-5-3-4-8-18(12)15(19)21/h6-7,9,12H,3-5,8,10H2,1-2H3. The van der Waals surface area contributed by atoms with Gasteiger partial charge in [-0.2, -0.15) is 0 Å². The van der Waals surface area contributed by atoms with Crippen molar-refractivity contribution in [1.82, 2.24) is 14.8 Å². The summed E-state index contributed by atoms with van der Waals surface area (Å²) in [6, 6.07) is 3.43. The van der Waals surface area contributed by atoms with Gasteiger partial charge in [-0.05, 0) is 30.9 Å². The molecule has 0 N–H and O–H groups in total. The van der Waals surface area contributed by atoms with E-state index in [1.54, 1.807) is 11.1 Å². The Morgan fingerprint density at radius 2 is 2.10 bits per heavy atom. The van der Waals surface area contributed by atoms with Crippen molar-refractivity contribution in [3.63, 3.8) is 0 Å². The first kappa shape index (κ1) is 13.9. The van der Waals surface area contributed by atoms with Crippen LogP contribution in [0, 0.1) is 0 Å². The molecule has 0 aliphatic carbocycles. The monoisotopic (exact) mass is 288 g/mol. The van der Waals surface area contributed by atoms with E-state index in [-0.39, 0.29) is 18.0 Å². The lowest BCUT2D eigenvalue weighted by molar-refractivity contribution is -0.129. The van der Waals surface area contributed by atoms with E-state index >= 15 is 0 Å². The number of imide groups is 1. The van der Waals surface area contributed by atoms with Gasteiger partial charge >= 0.3 is 6.03 Å². The van der Waals surface area contributed by atoms with Crippen LogP contribution in [0.2, 0.25) is 0 Å². The van der Waals surface area contributed by atoms with Crippen LogP contribution in [0.1, 0.15) is 24.8 Å². The molecule has 2 aliphatic heterocycles. The number of anilines is 1. The molecule has 3 amide bonds. The molecule has 0 spiro atoms. The van der Waals surface area contributed by atoms with Crippen LogP contribution in [-0.4, -0.2) is 53.4 Å². The van der Waals surface area contributed by atoms with Crippen LogP contribution in [0.3, 0.4) is 0 Å². The molecule has 1 atom stereocenters. The Hall–Kier alpha value is -2.11. The van der Waals surface area contributed by atoms with Gasteiger partial charge in [-0.15, -0.1) is 0 Å². The minimum atomic E-state index is -0.236. The summed E-state index contributed by atoms with van der Waals surface area (Å²) in [5, 5.41) is 0. The second-order valence-electron chi connectivity index (χ2n) is 5.83. The lowest BCUT2D eigenvalue weighted by Crippen LogP contribution is -2.38. The Morgan fingerprint density at radius 3 is 2.71 bits per heavy atom. The molecule has 0 saturated carbocycles. The molecule has 1 aromatic heterocycles. The molecule has 3 heterocycles. The van der Waals surface area contributed by atoms with Gasteiger partial charge in [0.25, 0.3) is 5.91 Å². The van der Waals surface area contributed by atoms with E-state index in [9.17, 15) is 9.59 Å². The summed E-state index contributed by atoms with van der Waals surface area (Å²) in [5.74, 6) is 0.798. The van der Waals surface area contributed by atoms with E-state index in [2.05, 4.69) is 4.98 Å². The van der Waals surface area contributed by atoms with Crippen LogP contribution in [0.5, 0.6) is 0 Å². The predicted octanol–water partition coefficient (Wildman–Crippen LogP) is 1.46. The highest BCUT2D eigenvalue weighted by molar-refractivity contribution is 6.04. The highest BCUT2D eigenvalue weighted by Gasteiger charge is 2.45. The SMILES string of the molecule is CN(C)c1ccc(CN2C(=O)C3CCCCN3C2=O)cn1. The number of amides is 3. The third-order valence-electron chi connectivity index (χ3n) is 4.14. The fourth-order valence-corrected chi connectivity index (χ4v) is 2.95. The number of carbonyl (C=O) groups is 2. The Kier molecular flexibility index (Phi) is 3.53. The molecule has 1 aromatic rings. The normalized spacial score (nSPS) is 21.7. The molecule has 1 unspecified atom stereocenters. The van der Waals surface area contributed by atoms with Gasteiger partial charge in [-0.25, -0.2) is 9.78 Å². The van der Waals surface area contributed by atoms with Crippen molar-refractivity contribution in [3.8, 4) is 0 Å². The van der Waals surface area contributed by atoms with Gasteiger partial charge in [-0.1, -0.05) is 6.07 Å². The Morgan fingerprint density at radius 1 is 1.29 bits per heavy atom. The topological polar surface area (TPSA) is 56.8 Å². The van der Waals surface area contributed by atoms with Crippen molar-refractivity contribution in [3.05, 3.63) is 23.9 Å². The molecular weight excluding hydrogens is 268 g/mol. The number of carbonyl (C=O) groups excluding carboxylic acids is 2. The van der Waals surface area contributed by atoms with Crippen molar-refractivity contribution >= 4 is 17.8 Å². The summed E-state index contributed by atoms with van der Waals surface area (Å²) in [5.41, 5.74) is 0.877. The molecule has 0 bridgehead atoms. The molecule has 2 saturated heterocycles. The first-order valence-corrected chi connectivity index (χ1v) is 7.32. The van der Waals surface area contributed by atoms with Gasteiger partial charge in [0, 0.05) is 26.8 Å². The maximum Gasteiger partial charge on any atom is 0.327 e. The van der Waals surface area contributed by atoms with E-state index in [0.29, 0.717) is 13.1 Å². The average Bonchev–Trinajstić information content (AvgIpc) is 2.73. The third-order valence-corrected chi connectivity index (χ3v) is 4.14. The van der Waals surface area contributed by atoms with E-state index in [1.807, 2.05) is 31.1 Å². The zero-order valence-electron chi connectivity index (χ0n) is 12.5. The molecule has 3 rings (SSSR count). The van der Waals surface area contributed by atoms with Crippen LogP contribution in [0.4, 0.5) is 10.6 Å². The molecular formula is C15H20N4O2. The van der Waals surface area contributed by atoms with Gasteiger partial charge in [0.1, 0.15) is 11.9 Å². The predicted molar refractivity (Wildman–Crippen MR) is 78.9 cm³/mol. The van der Waals surface area contributed by atoms with Crippen LogP contribution in [-0.2, 0) is 11.3 Å². The van der Waals surface area contributed by atoms with Crippen LogP contribution in [0.15, 0.2) is 18.3 Å².